The number of rotatable bonds is 6. The molecule has 0 amide bonds. The molecule has 0 saturated heterocycles. The Bertz CT molecular complexity index is 1310. The maximum absolute atomic E-state index is 6.39. The average Bonchev–Trinajstić information content (AvgIpc) is 3.04. The van der Waals surface area contributed by atoms with Crippen molar-refractivity contribution in [1.29, 1.82) is 0 Å². The molecular weight excluding hydrogens is 448 g/mol. The van der Waals surface area contributed by atoms with Gasteiger partial charge in [-0.25, -0.2) is 0 Å². The predicted molar refractivity (Wildman–Crippen MR) is 133 cm³/mol. The minimum Gasteiger partial charge on any atom is -0.497 e. The Morgan fingerprint density at radius 1 is 0.971 bits per heavy atom. The average molecular weight is 473 g/mol. The van der Waals surface area contributed by atoms with Crippen molar-refractivity contribution in [2.45, 2.75) is 24.1 Å². The van der Waals surface area contributed by atoms with Gasteiger partial charge in [0.15, 0.2) is 5.69 Å². The number of thioether (sulfide) groups is 1. The van der Waals surface area contributed by atoms with Gasteiger partial charge in [0, 0.05) is 23.1 Å². The second-order valence-electron chi connectivity index (χ2n) is 7.82. The van der Waals surface area contributed by atoms with Gasteiger partial charge in [-0.05, 0) is 30.7 Å². The highest BCUT2D eigenvalue weighted by Crippen LogP contribution is 2.41. The van der Waals surface area contributed by atoms with Crippen LogP contribution < -0.4 is 19.5 Å². The smallest absolute Gasteiger partial charge is 0.247 e. The lowest BCUT2D eigenvalue weighted by molar-refractivity contribution is 0.219. The molecular formula is C26H24N4O3S. The van der Waals surface area contributed by atoms with E-state index in [0.29, 0.717) is 28.2 Å². The SMILES string of the molecule is COc1ccc([C@H]2Nc3ccccc3-c3nnc(SCc4ccc(C)cc4)nc3O2)c(OC)c1. The number of aryl methyl sites for hydroxylation is 1. The molecule has 0 spiro atoms. The normalized spacial score (nSPS) is 14.1. The fraction of sp³-hybridized carbons (Fsp3) is 0.192. The highest BCUT2D eigenvalue weighted by Gasteiger charge is 2.28. The van der Waals surface area contributed by atoms with E-state index in [4.69, 9.17) is 19.2 Å². The first-order chi connectivity index (χ1) is 16.6. The number of para-hydroxylation sites is 1. The predicted octanol–water partition coefficient (Wildman–Crippen LogP) is 5.66. The van der Waals surface area contributed by atoms with Gasteiger partial charge >= 0.3 is 0 Å². The Morgan fingerprint density at radius 3 is 2.59 bits per heavy atom. The Balaban J connectivity index is 1.50. The van der Waals surface area contributed by atoms with E-state index < -0.39 is 6.23 Å². The van der Waals surface area contributed by atoms with Crippen molar-refractivity contribution < 1.29 is 14.2 Å². The lowest BCUT2D eigenvalue weighted by atomic mass is 10.1. The molecule has 34 heavy (non-hydrogen) atoms. The highest BCUT2D eigenvalue weighted by molar-refractivity contribution is 7.98. The minimum absolute atomic E-state index is 0.418. The Kier molecular flexibility index (Phi) is 6.22. The van der Waals surface area contributed by atoms with E-state index in [0.717, 1.165) is 22.6 Å². The van der Waals surface area contributed by atoms with Gasteiger partial charge < -0.3 is 19.5 Å². The van der Waals surface area contributed by atoms with Crippen molar-refractivity contribution >= 4 is 17.4 Å². The number of aromatic nitrogens is 3. The van der Waals surface area contributed by atoms with E-state index in [1.807, 2.05) is 42.5 Å². The van der Waals surface area contributed by atoms with Gasteiger partial charge in [-0.3, -0.25) is 0 Å². The van der Waals surface area contributed by atoms with Crippen LogP contribution in [0.25, 0.3) is 11.3 Å². The third-order valence-corrected chi connectivity index (χ3v) is 6.45. The summed E-state index contributed by atoms with van der Waals surface area (Å²) in [6.07, 6.45) is -0.546. The molecule has 172 valence electrons. The molecule has 2 heterocycles. The van der Waals surface area contributed by atoms with Crippen LogP contribution in [0.1, 0.15) is 22.9 Å². The van der Waals surface area contributed by atoms with Gasteiger partial charge in [-0.1, -0.05) is 59.8 Å². The summed E-state index contributed by atoms with van der Waals surface area (Å²) in [6.45, 7) is 2.08. The fourth-order valence-corrected chi connectivity index (χ4v) is 4.45. The van der Waals surface area contributed by atoms with Gasteiger partial charge in [0.05, 0.1) is 19.8 Å². The maximum Gasteiger partial charge on any atom is 0.247 e. The molecule has 0 saturated carbocycles. The summed E-state index contributed by atoms with van der Waals surface area (Å²) in [4.78, 5) is 4.73. The van der Waals surface area contributed by atoms with E-state index in [1.165, 1.54) is 22.9 Å². The molecule has 8 heteroatoms. The molecule has 1 aliphatic rings. The van der Waals surface area contributed by atoms with Crippen molar-refractivity contribution in [3.63, 3.8) is 0 Å². The van der Waals surface area contributed by atoms with Crippen LogP contribution in [0.4, 0.5) is 5.69 Å². The summed E-state index contributed by atoms with van der Waals surface area (Å²) in [7, 11) is 3.25. The summed E-state index contributed by atoms with van der Waals surface area (Å²) in [5, 5.41) is 12.9. The third-order valence-electron chi connectivity index (χ3n) is 5.55. The number of hydrogen-bond donors (Lipinski definition) is 1. The zero-order chi connectivity index (χ0) is 23.5. The molecule has 1 atom stereocenters. The van der Waals surface area contributed by atoms with Crippen molar-refractivity contribution in [3.05, 3.63) is 83.4 Å². The van der Waals surface area contributed by atoms with Gasteiger partial charge in [0.25, 0.3) is 0 Å². The van der Waals surface area contributed by atoms with Gasteiger partial charge in [0.1, 0.15) is 11.5 Å². The van der Waals surface area contributed by atoms with Crippen LogP contribution in [-0.4, -0.2) is 29.4 Å². The van der Waals surface area contributed by atoms with Crippen LogP contribution in [0.2, 0.25) is 0 Å². The zero-order valence-corrected chi connectivity index (χ0v) is 19.9. The molecule has 1 aromatic heterocycles. The van der Waals surface area contributed by atoms with Gasteiger partial charge in [-0.2, -0.15) is 4.98 Å². The van der Waals surface area contributed by atoms with Crippen molar-refractivity contribution in [2.24, 2.45) is 0 Å². The number of ether oxygens (including phenoxy) is 3. The number of anilines is 1. The van der Waals surface area contributed by atoms with E-state index in [9.17, 15) is 0 Å². The Morgan fingerprint density at radius 2 is 1.79 bits per heavy atom. The van der Waals surface area contributed by atoms with Crippen molar-refractivity contribution in [1.82, 2.24) is 15.2 Å². The Hall–Kier alpha value is -3.78. The lowest BCUT2D eigenvalue weighted by Crippen LogP contribution is -2.18. The molecule has 3 aromatic carbocycles. The molecule has 0 radical (unpaired) electrons. The standard InChI is InChI=1S/C26H24N4O3S/c1-16-8-10-17(11-9-16)15-34-26-28-25-23(29-30-26)19-6-4-5-7-21(19)27-24(33-25)20-13-12-18(31-2)14-22(20)32-3/h4-14,24,27H,15H2,1-3H3/t24-/m0/s1. The number of fused-ring (bicyclic) bond motifs is 3. The van der Waals surface area contributed by atoms with E-state index >= 15 is 0 Å². The number of hydrogen-bond acceptors (Lipinski definition) is 8. The molecule has 7 nitrogen and oxygen atoms in total. The second-order valence-corrected chi connectivity index (χ2v) is 8.76. The summed E-state index contributed by atoms with van der Waals surface area (Å²) in [6, 6.07) is 21.9. The van der Waals surface area contributed by atoms with E-state index in [-0.39, 0.29) is 0 Å². The molecule has 1 N–H and O–H groups in total. The number of nitrogens with one attached hydrogen (secondary N) is 1. The first-order valence-electron chi connectivity index (χ1n) is 10.8. The molecule has 5 rings (SSSR count). The summed E-state index contributed by atoms with van der Waals surface area (Å²) in [5.74, 6) is 2.51. The van der Waals surface area contributed by atoms with Crippen LogP contribution in [0.5, 0.6) is 17.4 Å². The van der Waals surface area contributed by atoms with E-state index in [2.05, 4.69) is 46.7 Å². The molecule has 4 aromatic rings. The molecule has 1 aliphatic heterocycles. The van der Waals surface area contributed by atoms with Gasteiger partial charge in [-0.15, -0.1) is 10.2 Å². The maximum atomic E-state index is 6.39. The van der Waals surface area contributed by atoms with Crippen LogP contribution in [-0.2, 0) is 5.75 Å². The molecule has 0 unspecified atom stereocenters. The quantitative estimate of drug-likeness (QED) is 0.360. The minimum atomic E-state index is -0.546. The van der Waals surface area contributed by atoms with Crippen molar-refractivity contribution in [2.75, 3.05) is 19.5 Å². The highest BCUT2D eigenvalue weighted by atomic mass is 32.2. The van der Waals surface area contributed by atoms with Crippen molar-refractivity contribution in [3.8, 4) is 28.6 Å². The molecule has 0 aliphatic carbocycles. The van der Waals surface area contributed by atoms with Crippen LogP contribution in [0.15, 0.2) is 71.9 Å². The summed E-state index contributed by atoms with van der Waals surface area (Å²) >= 11 is 1.52. The van der Waals surface area contributed by atoms with E-state index in [1.54, 1.807) is 14.2 Å². The largest absolute Gasteiger partial charge is 0.497 e. The number of nitrogens with zero attached hydrogens (tertiary/aromatic N) is 3. The third kappa shape index (κ3) is 4.49. The molecule has 0 bridgehead atoms. The number of benzene rings is 3. The monoisotopic (exact) mass is 472 g/mol. The van der Waals surface area contributed by atoms with Crippen LogP contribution in [0.3, 0.4) is 0 Å². The fourth-order valence-electron chi connectivity index (χ4n) is 3.72. The Labute approximate surface area is 202 Å². The topological polar surface area (TPSA) is 78.4 Å². The first-order valence-corrected chi connectivity index (χ1v) is 11.8. The summed E-state index contributed by atoms with van der Waals surface area (Å²) < 4.78 is 17.4. The summed E-state index contributed by atoms with van der Waals surface area (Å²) in [5.41, 5.74) is 5.60. The molecule has 0 fully saturated rings. The lowest BCUT2D eigenvalue weighted by Gasteiger charge is -2.21. The van der Waals surface area contributed by atoms with Crippen LogP contribution in [0, 0.1) is 6.92 Å². The zero-order valence-electron chi connectivity index (χ0n) is 19.1. The van der Waals surface area contributed by atoms with Crippen LogP contribution >= 0.6 is 11.8 Å². The van der Waals surface area contributed by atoms with Gasteiger partial charge in [0.2, 0.25) is 17.3 Å². The second kappa shape index (κ2) is 9.61. The number of methoxy groups -OCH3 is 2. The first kappa shape index (κ1) is 22.0.